The van der Waals surface area contributed by atoms with Gasteiger partial charge in [0.2, 0.25) is 23.5 Å². The van der Waals surface area contributed by atoms with Crippen LogP contribution >= 0.6 is 23.5 Å². The number of aliphatic hydroxyl groups is 6. The predicted molar refractivity (Wildman–Crippen MR) is 329 cm³/mol. The molecule has 4 aromatic carbocycles. The van der Waals surface area contributed by atoms with Crippen molar-refractivity contribution in [2.45, 2.75) is 138 Å². The van der Waals surface area contributed by atoms with E-state index in [0.717, 1.165) is 29.2 Å². The number of Topliss-reactive ketones (excluding diaryl/α,β-unsaturated/α-hetero) is 1. The van der Waals surface area contributed by atoms with Gasteiger partial charge in [-0.25, -0.2) is 6.29 Å². The number of benzene rings is 4. The number of ketones is 1. The molecule has 25 nitrogen and oxygen atoms in total. The van der Waals surface area contributed by atoms with Crippen molar-refractivity contribution in [1.82, 2.24) is 26.6 Å². The molecular formula is C63H80N5Na2O20S2-. The smallest absolute Gasteiger partial charge is 0.870 e. The van der Waals surface area contributed by atoms with Crippen molar-refractivity contribution in [3.63, 3.8) is 0 Å². The van der Waals surface area contributed by atoms with Crippen molar-refractivity contribution in [3.8, 4) is 22.3 Å². The third kappa shape index (κ3) is 25.1. The number of carbonyl (C=O) groups is 7. The first kappa shape index (κ1) is 81.5. The summed E-state index contributed by atoms with van der Waals surface area (Å²) in [4.78, 5) is 100. The van der Waals surface area contributed by atoms with Crippen LogP contribution in [0.2, 0.25) is 0 Å². The second kappa shape index (κ2) is 41.3. The summed E-state index contributed by atoms with van der Waals surface area (Å²) in [6.07, 6.45) is -11.7. The Balaban J connectivity index is 0.00000736. The summed E-state index contributed by atoms with van der Waals surface area (Å²) in [6.45, 7) is 1.41. The first-order valence-corrected chi connectivity index (χ1v) is 31.6. The zero-order valence-electron chi connectivity index (χ0n) is 51.9. The van der Waals surface area contributed by atoms with E-state index in [1.807, 2.05) is 60.7 Å². The maximum absolute atomic E-state index is 13.0. The molecule has 0 aromatic heterocycles. The number of nitrogens with one attached hydrogen (secondary N) is 5. The van der Waals surface area contributed by atoms with Crippen LogP contribution in [0.5, 0.6) is 0 Å². The largest absolute Gasteiger partial charge is 1.00 e. The second-order valence-corrected chi connectivity index (χ2v) is 24.0. The van der Waals surface area contributed by atoms with Crippen LogP contribution in [0.3, 0.4) is 0 Å². The molecule has 492 valence electrons. The van der Waals surface area contributed by atoms with E-state index in [9.17, 15) is 74.1 Å². The van der Waals surface area contributed by atoms with Crippen LogP contribution in [0.15, 0.2) is 109 Å². The summed E-state index contributed by atoms with van der Waals surface area (Å²) < 4.78 is 23.1. The molecule has 2 fully saturated rings. The molecule has 2 heterocycles. The summed E-state index contributed by atoms with van der Waals surface area (Å²) in [5.74, 6) is -7.31. The van der Waals surface area contributed by atoms with Gasteiger partial charge in [-0.1, -0.05) is 84.9 Å². The molecule has 0 unspecified atom stereocenters. The van der Waals surface area contributed by atoms with Crippen LogP contribution in [-0.4, -0.2) is 212 Å². The maximum atomic E-state index is 13.0. The number of aliphatic carboxylic acids is 1. The van der Waals surface area contributed by atoms with Gasteiger partial charge in [0.15, 0.2) is 0 Å². The molecule has 29 heteroatoms. The molecule has 5 amide bonds. The van der Waals surface area contributed by atoms with Crippen molar-refractivity contribution in [2.75, 3.05) is 55.9 Å². The Morgan fingerprint density at radius 3 is 1.49 bits per heavy atom. The number of carboxylic acids is 1. The number of carbonyl (C=O) groups excluding carboxylic acids is 8. The van der Waals surface area contributed by atoms with Gasteiger partial charge in [-0.15, -0.1) is 0 Å². The summed E-state index contributed by atoms with van der Waals surface area (Å²) >= 11 is 2.93. The Bertz CT molecular complexity index is 2950. The minimum atomic E-state index is -2.58. The van der Waals surface area contributed by atoms with Gasteiger partial charge in [0.1, 0.15) is 36.2 Å². The molecule has 2 aliphatic rings. The minimum absolute atomic E-state index is 0. The van der Waals surface area contributed by atoms with Gasteiger partial charge in [-0.05, 0) is 83.0 Å². The van der Waals surface area contributed by atoms with Gasteiger partial charge in [0.25, 0.3) is 11.8 Å². The van der Waals surface area contributed by atoms with Gasteiger partial charge in [-0.3, -0.25) is 28.8 Å². The van der Waals surface area contributed by atoms with E-state index in [1.165, 1.54) is 30.4 Å². The van der Waals surface area contributed by atoms with Gasteiger partial charge < -0.3 is 96.3 Å². The van der Waals surface area contributed by atoms with E-state index in [1.54, 1.807) is 54.8 Å². The fourth-order valence-corrected chi connectivity index (χ4v) is 11.7. The first-order valence-electron chi connectivity index (χ1n) is 29.3. The molecule has 2 aliphatic heterocycles. The third-order valence-electron chi connectivity index (χ3n) is 14.7. The number of hydrogen-bond acceptors (Lipinski definition) is 22. The van der Waals surface area contributed by atoms with Crippen LogP contribution < -0.4 is 90.8 Å². The zero-order chi connectivity index (χ0) is 64.5. The molecule has 0 saturated carbocycles. The van der Waals surface area contributed by atoms with E-state index in [2.05, 4.69) is 26.6 Å². The normalized spacial score (nSPS) is 22.2. The van der Waals surface area contributed by atoms with E-state index < -0.39 is 128 Å². The molecule has 92 heavy (non-hydrogen) atoms. The van der Waals surface area contributed by atoms with E-state index in [4.69, 9.17) is 18.9 Å². The zero-order valence-corrected chi connectivity index (χ0v) is 57.6. The summed E-state index contributed by atoms with van der Waals surface area (Å²) in [7, 11) is 0. The third-order valence-corrected chi connectivity index (χ3v) is 17.0. The van der Waals surface area contributed by atoms with E-state index in [0.29, 0.717) is 54.4 Å². The van der Waals surface area contributed by atoms with Crippen LogP contribution in [0.25, 0.3) is 22.3 Å². The van der Waals surface area contributed by atoms with Crippen LogP contribution in [0, 0.1) is 0 Å². The number of ether oxygens (including phenoxy) is 4. The van der Waals surface area contributed by atoms with Crippen LogP contribution in [0.4, 0.5) is 0 Å². The molecule has 12 atom stereocenters. The van der Waals surface area contributed by atoms with E-state index >= 15 is 0 Å². The molecule has 0 radical (unpaired) electrons. The molecule has 4 aromatic rings. The molecule has 6 rings (SSSR count). The number of carboxylic acid groups (broad SMARTS) is 1. The van der Waals surface area contributed by atoms with Gasteiger partial charge in [0, 0.05) is 89.1 Å². The maximum Gasteiger partial charge on any atom is 1.00 e. The quantitative estimate of drug-likeness (QED) is 0.0115. The number of thioether (sulfide) groups is 2. The SMILES string of the molecule is CC(=O)N[C@H]1[C@H]([C@H](O)[C@H](O)CNC(=O)c2ccc(-c3ccccc3)cc2)O[C@]([C-]=O)(OCCCSCCNC(=O)CCC(=O)CCCSCCCO[C@]2(C(=O)[O-])C[C@H](O)[C@@H](NC(C)=O)[C@H]([C@H](O)[C@H](O)CNC(=O)c3ccc(-c4ccccc4)cc3)O2)C[C@@H]1O.[Na+].[Na+].[OH-]. The standard InChI is InChI=1S/C63H80N5O19S2.2Na.H2O/c1-39(70)67-53-48(73)34-62(38-69,86-57(53)55(78)50(75)36-65-59(80)45-21-17-43(18-22-45)41-12-5-3-6-13-41)84-28-10-32-89-33-27-64-52(77)26-25-47(72)16-9-30-88-31-11-29-85-63(61(82)83)35-49(74)54(68-40(2)71)58(87-63)56(79)51(76)37-66-60(81)46-23-19-44(20-24-46)42-14-7-4-8-15-42;;;/h3-8,12-15,17-24,48-51,53-58,73-76,78-79H,9-11,16,25-37H2,1-2H3,(H,64,77)(H,65,80)(H,66,81)(H,67,70)(H,68,71)(H,82,83);;;1H2/q-1;2*+1;/p-2/t48-,49-,50+,51+,53+,54+,55+,56+,57+,58+,62+,63+;;;/m0.../s1. The molecular weight excluding hydrogens is 1260 g/mol. The first-order chi connectivity index (χ1) is 42.6. The molecule has 0 aliphatic carbocycles. The molecule has 12 N–H and O–H groups in total. The number of hydrogen-bond donors (Lipinski definition) is 11. The average Bonchev–Trinajstić information content (AvgIpc) is 0.783. The summed E-state index contributed by atoms with van der Waals surface area (Å²) in [5.41, 5.74) is 4.22. The Morgan fingerprint density at radius 1 is 0.587 bits per heavy atom. The Kier molecular flexibility index (Phi) is 36.6. The summed E-state index contributed by atoms with van der Waals surface area (Å²) in [5, 5.41) is 92.0. The minimum Gasteiger partial charge on any atom is -0.870 e. The number of aliphatic hydroxyl groups excluding tert-OH is 6. The Labute approximate surface area is 586 Å². The number of amides is 5. The summed E-state index contributed by atoms with van der Waals surface area (Å²) in [6, 6.07) is 29.8. The molecule has 0 bridgehead atoms. The molecule has 2 saturated heterocycles. The van der Waals surface area contributed by atoms with Crippen molar-refractivity contribution in [2.24, 2.45) is 0 Å². The van der Waals surface area contributed by atoms with Crippen molar-refractivity contribution in [1.29, 1.82) is 0 Å². The number of rotatable bonds is 36. The average molecular weight is 1340 g/mol. The predicted octanol–water partition coefficient (Wildman–Crippen LogP) is -5.46. The van der Waals surface area contributed by atoms with Gasteiger partial charge in [0.05, 0.1) is 48.9 Å². The second-order valence-electron chi connectivity index (χ2n) is 21.6. The van der Waals surface area contributed by atoms with E-state index in [-0.39, 0.29) is 114 Å². The fraction of sp³-hybridized carbons (Fsp3) is 0.492. The van der Waals surface area contributed by atoms with Gasteiger partial charge >= 0.3 is 59.1 Å². The van der Waals surface area contributed by atoms with Crippen LogP contribution in [0.1, 0.15) is 85.9 Å². The van der Waals surface area contributed by atoms with Crippen molar-refractivity contribution >= 4 is 71.1 Å². The fourth-order valence-electron chi connectivity index (χ4n) is 10.1. The Hall–Kier alpha value is -4.70. The Morgan fingerprint density at radius 2 is 1.02 bits per heavy atom. The van der Waals surface area contributed by atoms with Crippen molar-refractivity contribution in [3.05, 3.63) is 120 Å². The van der Waals surface area contributed by atoms with Crippen LogP contribution in [-0.2, 0) is 47.7 Å². The molecule has 0 spiro atoms. The topological polar surface area (TPSA) is 408 Å². The van der Waals surface area contributed by atoms with Gasteiger partial charge in [-0.2, -0.15) is 23.5 Å². The van der Waals surface area contributed by atoms with Crippen molar-refractivity contribution < 1.29 is 158 Å². The monoisotopic (exact) mass is 1340 g/mol.